The fourth-order valence-electron chi connectivity index (χ4n) is 2.99. The molecule has 1 aromatic carbocycles. The number of benzene rings is 1. The molecule has 4 nitrogen and oxygen atoms in total. The second-order valence-electron chi connectivity index (χ2n) is 5.29. The highest BCUT2D eigenvalue weighted by Crippen LogP contribution is 2.19. The molecule has 0 bridgehead atoms. The molecule has 5 heteroatoms. The number of nitrogens with zero attached hydrogens (tertiary/aromatic N) is 2. The van der Waals surface area contributed by atoms with Crippen molar-refractivity contribution in [2.24, 2.45) is 0 Å². The third-order valence-electron chi connectivity index (χ3n) is 4.13. The Balaban J connectivity index is 1.58. The maximum Gasteiger partial charge on any atom is 0.123 e. The molecule has 19 heavy (non-hydrogen) atoms. The number of piperazine rings is 1. The molecule has 0 spiro atoms. The molecule has 2 heterocycles. The molecule has 2 N–H and O–H groups in total. The van der Waals surface area contributed by atoms with Gasteiger partial charge in [-0.1, -0.05) is 0 Å². The van der Waals surface area contributed by atoms with E-state index in [4.69, 9.17) is 0 Å². The van der Waals surface area contributed by atoms with E-state index in [1.807, 2.05) is 12.1 Å². The van der Waals surface area contributed by atoms with Crippen LogP contribution in [0.25, 0.3) is 0 Å². The van der Waals surface area contributed by atoms with Crippen molar-refractivity contribution in [3.8, 4) is 0 Å². The second kappa shape index (κ2) is 5.45. The normalized spacial score (nSPS) is 28.8. The maximum absolute atomic E-state index is 12.9. The highest BCUT2D eigenvalue weighted by molar-refractivity contribution is 5.46. The van der Waals surface area contributed by atoms with Crippen LogP contribution in [0.2, 0.25) is 0 Å². The zero-order chi connectivity index (χ0) is 13.2. The van der Waals surface area contributed by atoms with Gasteiger partial charge in [0, 0.05) is 51.0 Å². The van der Waals surface area contributed by atoms with Crippen molar-refractivity contribution in [1.82, 2.24) is 10.2 Å². The molecular formula is C14H20FN3O. The third-order valence-corrected chi connectivity index (χ3v) is 4.13. The molecule has 0 saturated carbocycles. The summed E-state index contributed by atoms with van der Waals surface area (Å²) in [4.78, 5) is 4.62. The summed E-state index contributed by atoms with van der Waals surface area (Å²) in [7, 11) is 0. The van der Waals surface area contributed by atoms with E-state index in [9.17, 15) is 9.50 Å². The number of anilines is 1. The number of nitrogens with one attached hydrogen (secondary N) is 1. The maximum atomic E-state index is 12.9. The molecule has 0 radical (unpaired) electrons. The van der Waals surface area contributed by atoms with Gasteiger partial charge in [0.2, 0.25) is 0 Å². The van der Waals surface area contributed by atoms with Gasteiger partial charge in [-0.25, -0.2) is 4.39 Å². The number of aliphatic hydroxyl groups is 1. The van der Waals surface area contributed by atoms with E-state index in [2.05, 4.69) is 15.1 Å². The van der Waals surface area contributed by atoms with E-state index < -0.39 is 0 Å². The van der Waals surface area contributed by atoms with Crippen molar-refractivity contribution in [1.29, 1.82) is 0 Å². The Labute approximate surface area is 112 Å². The van der Waals surface area contributed by atoms with E-state index in [1.165, 1.54) is 12.1 Å². The lowest BCUT2D eigenvalue weighted by molar-refractivity contribution is 0.0792. The first-order chi connectivity index (χ1) is 9.24. The lowest BCUT2D eigenvalue weighted by Gasteiger charge is -2.39. The van der Waals surface area contributed by atoms with Crippen molar-refractivity contribution < 1.29 is 9.50 Å². The van der Waals surface area contributed by atoms with Crippen LogP contribution in [-0.4, -0.2) is 61.4 Å². The van der Waals surface area contributed by atoms with E-state index >= 15 is 0 Å². The van der Waals surface area contributed by atoms with E-state index in [0.717, 1.165) is 38.4 Å². The predicted molar refractivity (Wildman–Crippen MR) is 72.9 cm³/mol. The van der Waals surface area contributed by atoms with Crippen molar-refractivity contribution in [3.63, 3.8) is 0 Å². The quantitative estimate of drug-likeness (QED) is 0.806. The summed E-state index contributed by atoms with van der Waals surface area (Å²) >= 11 is 0. The molecule has 2 aliphatic heterocycles. The minimum Gasteiger partial charge on any atom is -0.390 e. The fraction of sp³-hybridized carbons (Fsp3) is 0.571. The summed E-state index contributed by atoms with van der Waals surface area (Å²) < 4.78 is 12.9. The van der Waals surface area contributed by atoms with Crippen LogP contribution in [0.3, 0.4) is 0 Å². The van der Waals surface area contributed by atoms with Crippen LogP contribution in [0, 0.1) is 5.82 Å². The number of aliphatic hydroxyl groups excluding tert-OH is 1. The highest BCUT2D eigenvalue weighted by atomic mass is 19.1. The minimum absolute atomic E-state index is 0.192. The van der Waals surface area contributed by atoms with E-state index in [1.54, 1.807) is 0 Å². The minimum atomic E-state index is -0.252. The standard InChI is InChI=1S/C14H20FN3O/c15-11-1-3-12(4-2-11)17-5-7-18(8-6-17)13-9-16-10-14(13)19/h1-4,13-14,16,19H,5-10H2. The molecule has 2 unspecified atom stereocenters. The predicted octanol–water partition coefficient (Wildman–Crippen LogP) is 0.280. The monoisotopic (exact) mass is 265 g/mol. The van der Waals surface area contributed by atoms with Gasteiger partial charge >= 0.3 is 0 Å². The van der Waals surface area contributed by atoms with E-state index in [0.29, 0.717) is 6.54 Å². The van der Waals surface area contributed by atoms with Crippen LogP contribution in [-0.2, 0) is 0 Å². The number of hydrogen-bond donors (Lipinski definition) is 2. The fourth-order valence-corrected chi connectivity index (χ4v) is 2.99. The number of halogens is 1. The van der Waals surface area contributed by atoms with Gasteiger partial charge < -0.3 is 15.3 Å². The average Bonchev–Trinajstić information content (AvgIpc) is 2.86. The van der Waals surface area contributed by atoms with Crippen molar-refractivity contribution in [3.05, 3.63) is 30.1 Å². The Hall–Kier alpha value is -1.17. The molecule has 0 amide bonds. The van der Waals surface area contributed by atoms with Crippen LogP contribution < -0.4 is 10.2 Å². The number of rotatable bonds is 2. The first-order valence-electron chi connectivity index (χ1n) is 6.87. The van der Waals surface area contributed by atoms with Crippen LogP contribution in [0.15, 0.2) is 24.3 Å². The second-order valence-corrected chi connectivity index (χ2v) is 5.29. The SMILES string of the molecule is OC1CNCC1N1CCN(c2ccc(F)cc2)CC1. The lowest BCUT2D eigenvalue weighted by Crippen LogP contribution is -2.53. The first kappa shape index (κ1) is 12.8. The Morgan fingerprint density at radius 3 is 2.32 bits per heavy atom. The summed E-state index contributed by atoms with van der Waals surface area (Å²) in [6.45, 7) is 5.31. The van der Waals surface area contributed by atoms with Gasteiger partial charge in [-0.2, -0.15) is 0 Å². The molecule has 104 valence electrons. The first-order valence-corrected chi connectivity index (χ1v) is 6.87. The zero-order valence-corrected chi connectivity index (χ0v) is 10.9. The van der Waals surface area contributed by atoms with Crippen molar-refractivity contribution in [2.45, 2.75) is 12.1 Å². The molecule has 2 saturated heterocycles. The molecule has 1 aromatic rings. The average molecular weight is 265 g/mol. The Bertz CT molecular complexity index is 417. The smallest absolute Gasteiger partial charge is 0.123 e. The van der Waals surface area contributed by atoms with Gasteiger partial charge in [-0.15, -0.1) is 0 Å². The molecular weight excluding hydrogens is 245 g/mol. The van der Waals surface area contributed by atoms with Gasteiger partial charge in [0.15, 0.2) is 0 Å². The van der Waals surface area contributed by atoms with Crippen LogP contribution in [0.4, 0.5) is 10.1 Å². The summed E-state index contributed by atoms with van der Waals surface area (Å²) in [6.07, 6.45) is -0.252. The van der Waals surface area contributed by atoms with Crippen LogP contribution >= 0.6 is 0 Å². The van der Waals surface area contributed by atoms with Gasteiger partial charge in [-0.05, 0) is 24.3 Å². The summed E-state index contributed by atoms with van der Waals surface area (Å²) in [6, 6.07) is 6.92. The topological polar surface area (TPSA) is 38.7 Å². The van der Waals surface area contributed by atoms with Gasteiger partial charge in [0.1, 0.15) is 5.82 Å². The zero-order valence-electron chi connectivity index (χ0n) is 10.9. The third kappa shape index (κ3) is 2.73. The Kier molecular flexibility index (Phi) is 3.68. The lowest BCUT2D eigenvalue weighted by atomic mass is 10.1. The van der Waals surface area contributed by atoms with Crippen LogP contribution in [0.1, 0.15) is 0 Å². The summed E-state index contributed by atoms with van der Waals surface area (Å²) in [5.41, 5.74) is 1.08. The van der Waals surface area contributed by atoms with Gasteiger partial charge in [0.05, 0.1) is 6.10 Å². The Morgan fingerprint density at radius 1 is 1.05 bits per heavy atom. The molecule has 0 aromatic heterocycles. The van der Waals surface area contributed by atoms with Crippen LogP contribution in [0.5, 0.6) is 0 Å². The van der Waals surface area contributed by atoms with Crippen molar-refractivity contribution in [2.75, 3.05) is 44.2 Å². The summed E-state index contributed by atoms with van der Waals surface area (Å²) in [5.74, 6) is -0.192. The molecule has 0 aliphatic carbocycles. The van der Waals surface area contributed by atoms with Gasteiger partial charge in [-0.3, -0.25) is 4.90 Å². The number of hydrogen-bond acceptors (Lipinski definition) is 4. The Morgan fingerprint density at radius 2 is 1.74 bits per heavy atom. The largest absolute Gasteiger partial charge is 0.390 e. The molecule has 3 rings (SSSR count). The van der Waals surface area contributed by atoms with E-state index in [-0.39, 0.29) is 18.0 Å². The molecule has 2 fully saturated rings. The van der Waals surface area contributed by atoms with Gasteiger partial charge in [0.25, 0.3) is 0 Å². The van der Waals surface area contributed by atoms with Crippen molar-refractivity contribution >= 4 is 5.69 Å². The molecule has 2 atom stereocenters. The number of β-amino-alcohol motifs (C(OH)–C–C–N with tert-alkyl or cyclic N) is 1. The summed E-state index contributed by atoms with van der Waals surface area (Å²) in [5, 5.41) is 13.1. The molecule has 2 aliphatic rings. The highest BCUT2D eigenvalue weighted by Gasteiger charge is 2.32.